The lowest BCUT2D eigenvalue weighted by atomic mass is 9.49. The topological polar surface area (TPSA) is 129 Å². The smallest absolute Gasteiger partial charge is 0.419 e. The lowest BCUT2D eigenvalue weighted by Crippen LogP contribution is -2.45. The molecule has 14 heteroatoms. The maximum Gasteiger partial charge on any atom is 0.419 e. The van der Waals surface area contributed by atoms with Crippen molar-refractivity contribution in [3.05, 3.63) is 76.6 Å². The Morgan fingerprint density at radius 2 is 1.84 bits per heavy atom. The molecule has 1 unspecified atom stereocenters. The Bertz CT molecular complexity index is 1620. The van der Waals surface area contributed by atoms with E-state index < -0.39 is 46.4 Å². The molecule has 0 saturated carbocycles. The number of aromatic nitrogens is 2. The van der Waals surface area contributed by atoms with E-state index in [4.69, 9.17) is 9.47 Å². The van der Waals surface area contributed by atoms with Gasteiger partial charge in [0, 0.05) is 31.4 Å². The summed E-state index contributed by atoms with van der Waals surface area (Å²) in [6, 6.07) is 8.49. The van der Waals surface area contributed by atoms with Crippen LogP contribution in [0, 0.1) is 5.82 Å². The quantitative estimate of drug-likeness (QED) is 0.230. The van der Waals surface area contributed by atoms with E-state index in [1.54, 1.807) is 48.6 Å². The number of ether oxygens (including phenoxy) is 2. The van der Waals surface area contributed by atoms with Gasteiger partial charge in [-0.15, -0.1) is 0 Å². The molecule has 3 aromatic rings. The summed E-state index contributed by atoms with van der Waals surface area (Å²) in [5, 5.41) is 2.06. The van der Waals surface area contributed by atoms with E-state index in [9.17, 15) is 28.4 Å². The molecule has 0 saturated heterocycles. The van der Waals surface area contributed by atoms with Gasteiger partial charge in [0.25, 0.3) is 11.5 Å². The average Bonchev–Trinajstić information content (AvgIpc) is 3.25. The lowest BCUT2D eigenvalue weighted by Gasteiger charge is -2.32. The van der Waals surface area contributed by atoms with Gasteiger partial charge in [0.05, 0.1) is 12.1 Å². The molecule has 1 aromatic carbocycles. The summed E-state index contributed by atoms with van der Waals surface area (Å²) in [5.74, 6) is -1.23. The van der Waals surface area contributed by atoms with Crippen LogP contribution in [0.4, 0.5) is 19.7 Å². The van der Waals surface area contributed by atoms with Crippen molar-refractivity contribution in [1.82, 2.24) is 14.0 Å². The molecule has 1 atom stereocenters. The number of fused-ring (bicyclic) bond motifs is 1. The van der Waals surface area contributed by atoms with Gasteiger partial charge in [0.1, 0.15) is 39.1 Å². The average molecular weight is 592 g/mol. The summed E-state index contributed by atoms with van der Waals surface area (Å²) < 4.78 is 27.6. The number of amides is 2. The molecule has 2 heterocycles. The standard InChI is InChI=1S/C29H35B2FN4O7/c1-28(2,3)43-27(41)36-20(16-18-15-19(32)10-11-22(18)36)17-35-13-8-9-21(25(35)39)33-24(38)23(42-26(40)34(4)5)29(30,31)12-6-7-14-37/h6-11,13-16,23H,12,17,30-31H2,1-5H3,(H,33,38)/b7-6+. The third-order valence-electron chi connectivity index (χ3n) is 6.42. The number of hydrogen-bond acceptors (Lipinski definition) is 7. The third-order valence-corrected chi connectivity index (χ3v) is 6.42. The minimum Gasteiger partial charge on any atom is -0.443 e. The Hall–Kier alpha value is -4.61. The minimum absolute atomic E-state index is 0.0939. The number of pyridine rings is 1. The molecule has 1 N–H and O–H groups in total. The number of rotatable bonds is 9. The van der Waals surface area contributed by atoms with Crippen molar-refractivity contribution in [2.24, 2.45) is 0 Å². The van der Waals surface area contributed by atoms with E-state index in [0.717, 1.165) is 0 Å². The van der Waals surface area contributed by atoms with Gasteiger partial charge in [-0.2, -0.15) is 0 Å². The van der Waals surface area contributed by atoms with Crippen molar-refractivity contribution in [2.45, 2.75) is 50.7 Å². The zero-order valence-electron chi connectivity index (χ0n) is 25.3. The Morgan fingerprint density at radius 3 is 2.47 bits per heavy atom. The first-order chi connectivity index (χ1) is 20.0. The molecule has 11 nitrogen and oxygen atoms in total. The molecule has 2 aromatic heterocycles. The number of anilines is 1. The van der Waals surface area contributed by atoms with E-state index in [2.05, 4.69) is 5.32 Å². The fourth-order valence-corrected chi connectivity index (χ4v) is 4.32. The summed E-state index contributed by atoms with van der Waals surface area (Å²) >= 11 is 0. The van der Waals surface area contributed by atoms with Crippen LogP contribution in [0.3, 0.4) is 0 Å². The Balaban J connectivity index is 1.98. The summed E-state index contributed by atoms with van der Waals surface area (Å²) in [5.41, 5.74) is -0.751. The first-order valence-electron chi connectivity index (χ1n) is 13.6. The number of nitrogens with zero attached hydrogens (tertiary/aromatic N) is 3. The van der Waals surface area contributed by atoms with E-state index in [1.807, 2.05) is 0 Å². The van der Waals surface area contributed by atoms with Gasteiger partial charge in [-0.05, 0) is 74.9 Å². The minimum atomic E-state index is -1.32. The van der Waals surface area contributed by atoms with Crippen LogP contribution in [0.1, 0.15) is 32.9 Å². The molecule has 0 aliphatic carbocycles. The van der Waals surface area contributed by atoms with Crippen molar-refractivity contribution in [3.8, 4) is 0 Å². The number of aldehydes is 1. The predicted molar refractivity (Wildman–Crippen MR) is 166 cm³/mol. The van der Waals surface area contributed by atoms with Crippen molar-refractivity contribution < 1.29 is 33.0 Å². The van der Waals surface area contributed by atoms with Gasteiger partial charge in [0.2, 0.25) is 0 Å². The maximum absolute atomic E-state index is 14.0. The second-order valence-electron chi connectivity index (χ2n) is 11.9. The molecule has 0 aliphatic rings. The van der Waals surface area contributed by atoms with Crippen LogP contribution < -0.4 is 10.9 Å². The van der Waals surface area contributed by atoms with E-state index in [0.29, 0.717) is 22.9 Å². The number of benzene rings is 1. The Labute approximate surface area is 250 Å². The van der Waals surface area contributed by atoms with Crippen molar-refractivity contribution in [3.63, 3.8) is 0 Å². The number of allylic oxidation sites excluding steroid dienone is 2. The summed E-state index contributed by atoms with van der Waals surface area (Å²) in [6.07, 6.45) is 2.36. The molecule has 43 heavy (non-hydrogen) atoms. The van der Waals surface area contributed by atoms with Crippen LogP contribution in [0.2, 0.25) is 5.21 Å². The van der Waals surface area contributed by atoms with E-state index >= 15 is 0 Å². The molecular formula is C29H35B2FN4O7. The first-order valence-corrected chi connectivity index (χ1v) is 13.6. The normalized spacial score (nSPS) is 12.6. The Kier molecular flexibility index (Phi) is 10.1. The number of carbonyl (C=O) groups is 4. The second kappa shape index (κ2) is 13.1. The molecule has 2 amide bonds. The molecular weight excluding hydrogens is 557 g/mol. The monoisotopic (exact) mass is 592 g/mol. The number of carbonyl (C=O) groups excluding carboxylic acids is 4. The summed E-state index contributed by atoms with van der Waals surface area (Å²) in [4.78, 5) is 64.4. The summed E-state index contributed by atoms with van der Waals surface area (Å²) in [7, 11) is 6.32. The van der Waals surface area contributed by atoms with Crippen LogP contribution in [-0.2, 0) is 25.6 Å². The van der Waals surface area contributed by atoms with E-state index in [-0.39, 0.29) is 18.7 Å². The van der Waals surface area contributed by atoms with Crippen molar-refractivity contribution >= 4 is 56.7 Å². The molecule has 3 rings (SSSR count). The first kappa shape index (κ1) is 32.9. The number of halogens is 1. The fraction of sp³-hybridized carbons (Fsp3) is 0.345. The largest absolute Gasteiger partial charge is 0.443 e. The zero-order chi connectivity index (χ0) is 32.1. The Morgan fingerprint density at radius 1 is 1.14 bits per heavy atom. The highest BCUT2D eigenvalue weighted by Gasteiger charge is 2.38. The van der Waals surface area contributed by atoms with Crippen LogP contribution in [0.25, 0.3) is 10.9 Å². The predicted octanol–water partition coefficient (Wildman–Crippen LogP) is 2.31. The molecule has 0 fully saturated rings. The lowest BCUT2D eigenvalue weighted by molar-refractivity contribution is -0.125. The van der Waals surface area contributed by atoms with E-state index in [1.165, 1.54) is 70.7 Å². The summed E-state index contributed by atoms with van der Waals surface area (Å²) in [6.45, 7) is 5.04. The number of hydrogen-bond donors (Lipinski definition) is 1. The second-order valence-corrected chi connectivity index (χ2v) is 11.9. The van der Waals surface area contributed by atoms with Crippen LogP contribution in [-0.4, -0.2) is 79.9 Å². The van der Waals surface area contributed by atoms with Gasteiger partial charge >= 0.3 is 12.2 Å². The van der Waals surface area contributed by atoms with Crippen molar-refractivity contribution in [1.29, 1.82) is 0 Å². The van der Waals surface area contributed by atoms with Gasteiger partial charge in [-0.1, -0.05) is 6.08 Å². The van der Waals surface area contributed by atoms with Crippen LogP contribution >= 0.6 is 0 Å². The molecule has 0 radical (unpaired) electrons. The molecule has 0 spiro atoms. The van der Waals surface area contributed by atoms with Gasteiger partial charge in [-0.3, -0.25) is 14.4 Å². The fourth-order valence-electron chi connectivity index (χ4n) is 4.32. The zero-order valence-corrected chi connectivity index (χ0v) is 25.3. The van der Waals surface area contributed by atoms with Crippen LogP contribution in [0.5, 0.6) is 0 Å². The third kappa shape index (κ3) is 8.24. The molecule has 226 valence electrons. The molecule has 0 aliphatic heterocycles. The van der Waals surface area contributed by atoms with Gasteiger partial charge < -0.3 is 24.3 Å². The van der Waals surface area contributed by atoms with Gasteiger partial charge in [-0.25, -0.2) is 18.5 Å². The highest BCUT2D eigenvalue weighted by Crippen LogP contribution is 2.31. The number of nitrogens with one attached hydrogen (secondary N) is 1. The highest BCUT2D eigenvalue weighted by atomic mass is 19.1. The molecule has 0 bridgehead atoms. The van der Waals surface area contributed by atoms with Gasteiger partial charge in [0.15, 0.2) is 6.10 Å². The van der Waals surface area contributed by atoms with Crippen molar-refractivity contribution in [2.75, 3.05) is 19.4 Å². The SMILES string of the molecule is BC(B)(C/C=C/C=O)C(OC(=O)N(C)C)C(=O)Nc1cccn(Cc2cc3cc(F)ccc3n2C(=O)OC(C)(C)C)c1=O. The highest BCUT2D eigenvalue weighted by molar-refractivity contribution is 6.42. The maximum atomic E-state index is 14.0. The van der Waals surface area contributed by atoms with Crippen LogP contribution in [0.15, 0.2) is 59.5 Å².